The molecule has 0 aliphatic heterocycles. The molecular formula is C21H17Cl2N3OS. The molecule has 4 aromatic rings. The molecule has 1 N–H and O–H groups in total. The Morgan fingerprint density at radius 3 is 2.43 bits per heavy atom. The van der Waals surface area contributed by atoms with Crippen LogP contribution in [-0.4, -0.2) is 15.3 Å². The largest absolute Gasteiger partial charge is 0.352 e. The molecule has 0 radical (unpaired) electrons. The van der Waals surface area contributed by atoms with Gasteiger partial charge < -0.3 is 5.32 Å². The lowest BCUT2D eigenvalue weighted by molar-refractivity contribution is -0.121. The number of aromatic nitrogens is 2. The van der Waals surface area contributed by atoms with Crippen LogP contribution in [0.4, 0.5) is 0 Å². The Hall–Kier alpha value is -2.34. The molecule has 0 bridgehead atoms. The number of fused-ring (bicyclic) bond motifs is 1. The zero-order valence-electron chi connectivity index (χ0n) is 14.9. The van der Waals surface area contributed by atoms with Gasteiger partial charge in [-0.15, -0.1) is 11.3 Å². The van der Waals surface area contributed by atoms with Crippen molar-refractivity contribution < 1.29 is 4.79 Å². The number of imidazole rings is 1. The molecule has 0 atom stereocenters. The number of nitrogens with one attached hydrogen (secondary N) is 1. The summed E-state index contributed by atoms with van der Waals surface area (Å²) in [5.41, 5.74) is 4.02. The van der Waals surface area contributed by atoms with Gasteiger partial charge in [-0.3, -0.25) is 9.20 Å². The Labute approximate surface area is 176 Å². The van der Waals surface area contributed by atoms with Crippen LogP contribution in [0.5, 0.6) is 0 Å². The third-order valence-electron chi connectivity index (χ3n) is 4.43. The fourth-order valence-corrected chi connectivity index (χ4v) is 4.06. The van der Waals surface area contributed by atoms with Crippen molar-refractivity contribution in [1.29, 1.82) is 0 Å². The van der Waals surface area contributed by atoms with Crippen molar-refractivity contribution in [3.8, 4) is 11.3 Å². The number of hydrogen-bond donors (Lipinski definition) is 1. The summed E-state index contributed by atoms with van der Waals surface area (Å²) in [5.74, 6) is 0.0207. The quantitative estimate of drug-likeness (QED) is 0.432. The molecule has 4 nitrogen and oxygen atoms in total. The van der Waals surface area contributed by atoms with Gasteiger partial charge in [0.2, 0.25) is 5.91 Å². The molecule has 0 saturated heterocycles. The van der Waals surface area contributed by atoms with E-state index < -0.39 is 0 Å². The van der Waals surface area contributed by atoms with E-state index in [0.29, 0.717) is 29.4 Å². The topological polar surface area (TPSA) is 46.4 Å². The Morgan fingerprint density at radius 2 is 1.71 bits per heavy atom. The van der Waals surface area contributed by atoms with E-state index in [1.165, 1.54) is 0 Å². The molecule has 2 aromatic carbocycles. The highest BCUT2D eigenvalue weighted by Crippen LogP contribution is 2.25. The van der Waals surface area contributed by atoms with E-state index in [2.05, 4.69) is 20.1 Å². The van der Waals surface area contributed by atoms with E-state index in [1.54, 1.807) is 11.3 Å². The molecule has 0 aliphatic carbocycles. The summed E-state index contributed by atoms with van der Waals surface area (Å²) in [7, 11) is 0. The average Bonchev–Trinajstić information content (AvgIpc) is 3.27. The predicted octanol–water partition coefficient (Wildman–Crippen LogP) is 5.62. The first-order valence-corrected chi connectivity index (χ1v) is 10.4. The maximum Gasteiger partial charge on any atom is 0.220 e. The van der Waals surface area contributed by atoms with Gasteiger partial charge in [-0.25, -0.2) is 4.98 Å². The maximum atomic E-state index is 12.2. The van der Waals surface area contributed by atoms with Crippen LogP contribution in [0.1, 0.15) is 17.7 Å². The number of thiazole rings is 1. The van der Waals surface area contributed by atoms with Crippen LogP contribution in [-0.2, 0) is 17.8 Å². The van der Waals surface area contributed by atoms with Crippen LogP contribution in [0.3, 0.4) is 0 Å². The third kappa shape index (κ3) is 4.38. The smallest absolute Gasteiger partial charge is 0.220 e. The fourth-order valence-electron chi connectivity index (χ4n) is 2.90. The highest BCUT2D eigenvalue weighted by atomic mass is 35.5. The van der Waals surface area contributed by atoms with Crippen molar-refractivity contribution in [1.82, 2.24) is 14.7 Å². The van der Waals surface area contributed by atoms with Gasteiger partial charge in [0.05, 0.1) is 5.69 Å². The van der Waals surface area contributed by atoms with Gasteiger partial charge in [0.1, 0.15) is 0 Å². The lowest BCUT2D eigenvalue weighted by atomic mass is 10.2. The second-order valence-corrected chi connectivity index (χ2v) is 8.13. The zero-order chi connectivity index (χ0) is 19.5. The Balaban J connectivity index is 1.38. The molecule has 142 valence electrons. The average molecular weight is 430 g/mol. The number of hydrogen-bond acceptors (Lipinski definition) is 3. The molecule has 0 aliphatic rings. The van der Waals surface area contributed by atoms with Crippen LogP contribution in [0, 0.1) is 0 Å². The Bertz CT molecular complexity index is 1100. The SMILES string of the molecule is O=C(CCc1csc2nc(-c3ccc(Cl)cc3)cn12)NCc1ccc(Cl)cc1. The molecule has 0 fully saturated rings. The van der Waals surface area contributed by atoms with Gasteiger partial charge in [-0.2, -0.15) is 0 Å². The normalized spacial score (nSPS) is 11.1. The molecule has 2 heterocycles. The van der Waals surface area contributed by atoms with E-state index >= 15 is 0 Å². The zero-order valence-corrected chi connectivity index (χ0v) is 17.2. The van der Waals surface area contributed by atoms with Crippen LogP contribution < -0.4 is 5.32 Å². The fraction of sp³-hybridized carbons (Fsp3) is 0.143. The van der Waals surface area contributed by atoms with Gasteiger partial charge in [0.25, 0.3) is 0 Å². The van der Waals surface area contributed by atoms with Crippen molar-refractivity contribution in [3.05, 3.63) is 81.4 Å². The van der Waals surface area contributed by atoms with Gasteiger partial charge >= 0.3 is 0 Å². The molecule has 0 unspecified atom stereocenters. The molecule has 1 amide bonds. The number of carbonyl (C=O) groups is 1. The van der Waals surface area contributed by atoms with Gasteiger partial charge in [-0.1, -0.05) is 47.5 Å². The number of halogens is 2. The number of aryl methyl sites for hydroxylation is 1. The molecule has 2 aromatic heterocycles. The molecule has 0 spiro atoms. The number of nitrogens with zero attached hydrogens (tertiary/aromatic N) is 2. The molecule has 28 heavy (non-hydrogen) atoms. The maximum absolute atomic E-state index is 12.2. The number of amides is 1. The first-order chi connectivity index (χ1) is 13.6. The summed E-state index contributed by atoms with van der Waals surface area (Å²) >= 11 is 13.4. The third-order valence-corrected chi connectivity index (χ3v) is 5.83. The monoisotopic (exact) mass is 429 g/mol. The summed E-state index contributed by atoms with van der Waals surface area (Å²) in [5, 5.41) is 6.40. The van der Waals surface area contributed by atoms with Crippen molar-refractivity contribution in [3.63, 3.8) is 0 Å². The summed E-state index contributed by atoms with van der Waals surface area (Å²) in [4.78, 5) is 17.8. The van der Waals surface area contributed by atoms with Crippen LogP contribution in [0.2, 0.25) is 10.0 Å². The second kappa shape index (κ2) is 8.35. The Morgan fingerprint density at radius 1 is 1.04 bits per heavy atom. The molecule has 0 saturated carbocycles. The van der Waals surface area contributed by atoms with Crippen LogP contribution >= 0.6 is 34.5 Å². The minimum Gasteiger partial charge on any atom is -0.352 e. The lowest BCUT2D eigenvalue weighted by Crippen LogP contribution is -2.23. The molecule has 4 rings (SSSR count). The van der Waals surface area contributed by atoms with Crippen molar-refractivity contribution in [2.24, 2.45) is 0 Å². The predicted molar refractivity (Wildman–Crippen MR) is 115 cm³/mol. The standard InChI is InChI=1S/C21H17Cl2N3OS/c22-16-5-1-14(2-6-16)11-24-20(27)10-9-18-13-28-21-25-19(12-26(18)21)15-3-7-17(23)8-4-15/h1-8,12-13H,9-11H2,(H,24,27). The minimum atomic E-state index is 0.0207. The highest BCUT2D eigenvalue weighted by molar-refractivity contribution is 7.15. The van der Waals surface area contributed by atoms with Gasteiger partial charge in [0.15, 0.2) is 4.96 Å². The van der Waals surface area contributed by atoms with Gasteiger partial charge in [0, 0.05) is 45.8 Å². The van der Waals surface area contributed by atoms with Crippen LogP contribution in [0.25, 0.3) is 16.2 Å². The van der Waals surface area contributed by atoms with E-state index in [4.69, 9.17) is 23.2 Å². The summed E-state index contributed by atoms with van der Waals surface area (Å²) in [6.07, 6.45) is 3.09. The number of benzene rings is 2. The van der Waals surface area contributed by atoms with E-state index in [9.17, 15) is 4.79 Å². The summed E-state index contributed by atoms with van der Waals surface area (Å²) in [6.45, 7) is 0.501. The summed E-state index contributed by atoms with van der Waals surface area (Å²) in [6, 6.07) is 15.1. The van der Waals surface area contributed by atoms with Crippen molar-refractivity contribution in [2.45, 2.75) is 19.4 Å². The first kappa shape index (κ1) is 19.0. The van der Waals surface area contributed by atoms with Crippen molar-refractivity contribution in [2.75, 3.05) is 0 Å². The first-order valence-electron chi connectivity index (χ1n) is 8.81. The second-order valence-electron chi connectivity index (χ2n) is 6.42. The van der Waals surface area contributed by atoms with Gasteiger partial charge in [-0.05, 0) is 36.2 Å². The number of rotatable bonds is 6. The Kier molecular flexibility index (Phi) is 5.67. The van der Waals surface area contributed by atoms with Crippen LogP contribution in [0.15, 0.2) is 60.1 Å². The van der Waals surface area contributed by atoms with E-state index in [1.807, 2.05) is 54.7 Å². The van der Waals surface area contributed by atoms with E-state index in [0.717, 1.165) is 27.5 Å². The lowest BCUT2D eigenvalue weighted by Gasteiger charge is -2.05. The van der Waals surface area contributed by atoms with Crippen molar-refractivity contribution >= 4 is 45.4 Å². The molecular weight excluding hydrogens is 413 g/mol. The minimum absolute atomic E-state index is 0.0207. The highest BCUT2D eigenvalue weighted by Gasteiger charge is 2.11. The number of carbonyl (C=O) groups excluding carboxylic acids is 1. The summed E-state index contributed by atoms with van der Waals surface area (Å²) < 4.78 is 2.06. The van der Waals surface area contributed by atoms with E-state index in [-0.39, 0.29) is 5.91 Å². The molecule has 7 heteroatoms.